The zero-order valence-electron chi connectivity index (χ0n) is 11.1. The van der Waals surface area contributed by atoms with Crippen LogP contribution in [0.2, 0.25) is 0 Å². The molecule has 0 amide bonds. The minimum Gasteiger partial charge on any atom is -0.490 e. The molecule has 3 atom stereocenters. The molecular weight excluding hydrogens is 307 g/mol. The summed E-state index contributed by atoms with van der Waals surface area (Å²) in [5.74, 6) is 1.48. The van der Waals surface area contributed by atoms with Crippen molar-refractivity contribution in [3.8, 4) is 5.75 Å². The van der Waals surface area contributed by atoms with Gasteiger partial charge in [0.15, 0.2) is 0 Å². The fourth-order valence-electron chi connectivity index (χ4n) is 3.40. The number of hydrogen-bond acceptors (Lipinski definition) is 1. The Balaban J connectivity index is 1.60. The maximum atomic E-state index is 13.2. The Kier molecular flexibility index (Phi) is 4.11. The van der Waals surface area contributed by atoms with Crippen molar-refractivity contribution in [2.75, 3.05) is 0 Å². The second-order valence-corrected chi connectivity index (χ2v) is 7.21. The SMILES string of the molecule is Fc1ccc2c(c1)CC(CC1CCCCC(Br)C1)O2. The zero-order valence-corrected chi connectivity index (χ0v) is 12.7. The summed E-state index contributed by atoms with van der Waals surface area (Å²) in [5, 5.41) is 0. The largest absolute Gasteiger partial charge is 0.490 e. The highest BCUT2D eigenvalue weighted by Crippen LogP contribution is 2.36. The van der Waals surface area contributed by atoms with Gasteiger partial charge >= 0.3 is 0 Å². The van der Waals surface area contributed by atoms with Crippen molar-refractivity contribution in [2.45, 2.75) is 55.9 Å². The molecule has 1 aromatic rings. The van der Waals surface area contributed by atoms with E-state index in [0.29, 0.717) is 4.83 Å². The van der Waals surface area contributed by atoms with Crippen molar-refractivity contribution in [1.29, 1.82) is 0 Å². The van der Waals surface area contributed by atoms with Crippen LogP contribution in [-0.4, -0.2) is 10.9 Å². The number of ether oxygens (including phenoxy) is 1. The third-order valence-electron chi connectivity index (χ3n) is 4.33. The van der Waals surface area contributed by atoms with Gasteiger partial charge in [-0.3, -0.25) is 0 Å². The minimum atomic E-state index is -0.155. The first-order valence-electron chi connectivity index (χ1n) is 7.30. The number of fused-ring (bicyclic) bond motifs is 1. The first-order chi connectivity index (χ1) is 9.20. The van der Waals surface area contributed by atoms with Crippen LogP contribution in [0.5, 0.6) is 5.75 Å². The van der Waals surface area contributed by atoms with Gasteiger partial charge in [-0.25, -0.2) is 4.39 Å². The van der Waals surface area contributed by atoms with Crippen LogP contribution in [0, 0.1) is 11.7 Å². The van der Waals surface area contributed by atoms with Crippen molar-refractivity contribution < 1.29 is 9.13 Å². The average molecular weight is 327 g/mol. The molecular formula is C16H20BrFO. The van der Waals surface area contributed by atoms with Crippen LogP contribution in [0.25, 0.3) is 0 Å². The van der Waals surface area contributed by atoms with Crippen LogP contribution in [0.15, 0.2) is 18.2 Å². The molecule has 1 aliphatic heterocycles. The first kappa shape index (κ1) is 13.4. The number of hydrogen-bond donors (Lipinski definition) is 0. The van der Waals surface area contributed by atoms with Crippen LogP contribution in [0.1, 0.15) is 44.1 Å². The molecule has 1 nitrogen and oxygen atoms in total. The van der Waals surface area contributed by atoms with Crippen molar-refractivity contribution in [3.63, 3.8) is 0 Å². The van der Waals surface area contributed by atoms with Gasteiger partial charge in [-0.2, -0.15) is 0 Å². The van der Waals surface area contributed by atoms with Gasteiger partial charge in [0.1, 0.15) is 17.7 Å². The van der Waals surface area contributed by atoms with Gasteiger partial charge in [-0.1, -0.05) is 35.2 Å². The fourth-order valence-corrected chi connectivity index (χ4v) is 4.25. The van der Waals surface area contributed by atoms with Gasteiger partial charge in [0.2, 0.25) is 0 Å². The molecule has 1 aromatic carbocycles. The number of halogens is 2. The first-order valence-corrected chi connectivity index (χ1v) is 8.21. The Morgan fingerprint density at radius 3 is 3.00 bits per heavy atom. The lowest BCUT2D eigenvalue weighted by Crippen LogP contribution is -2.19. The highest BCUT2D eigenvalue weighted by Gasteiger charge is 2.27. The van der Waals surface area contributed by atoms with Gasteiger partial charge in [0.25, 0.3) is 0 Å². The molecule has 3 unspecified atom stereocenters. The Bertz CT molecular complexity index is 448. The van der Waals surface area contributed by atoms with Gasteiger partial charge in [-0.05, 0) is 43.4 Å². The predicted molar refractivity (Wildman–Crippen MR) is 78.4 cm³/mol. The monoisotopic (exact) mass is 326 g/mol. The summed E-state index contributed by atoms with van der Waals surface area (Å²) in [6, 6.07) is 4.88. The van der Waals surface area contributed by atoms with E-state index in [2.05, 4.69) is 15.9 Å². The molecule has 0 saturated heterocycles. The fraction of sp³-hybridized carbons (Fsp3) is 0.625. The van der Waals surface area contributed by atoms with Crippen molar-refractivity contribution in [3.05, 3.63) is 29.6 Å². The standard InChI is InChI=1S/C16H20BrFO/c17-13-4-2-1-3-11(7-13)8-15-10-12-9-14(18)5-6-16(12)19-15/h5-6,9,11,13,15H,1-4,7-8,10H2. The van der Waals surface area contributed by atoms with Crippen LogP contribution >= 0.6 is 15.9 Å². The molecule has 2 aliphatic rings. The van der Waals surface area contributed by atoms with E-state index in [1.54, 1.807) is 12.1 Å². The van der Waals surface area contributed by atoms with Crippen LogP contribution in [0.3, 0.4) is 0 Å². The van der Waals surface area contributed by atoms with E-state index in [0.717, 1.165) is 30.1 Å². The van der Waals surface area contributed by atoms with Crippen molar-refractivity contribution in [1.82, 2.24) is 0 Å². The smallest absolute Gasteiger partial charge is 0.123 e. The minimum absolute atomic E-state index is 0.155. The number of alkyl halides is 1. The van der Waals surface area contributed by atoms with Crippen LogP contribution in [-0.2, 0) is 6.42 Å². The van der Waals surface area contributed by atoms with Crippen LogP contribution in [0.4, 0.5) is 4.39 Å². The van der Waals surface area contributed by atoms with E-state index in [4.69, 9.17) is 4.74 Å². The quantitative estimate of drug-likeness (QED) is 0.557. The lowest BCUT2D eigenvalue weighted by Gasteiger charge is -2.20. The van der Waals surface area contributed by atoms with Gasteiger partial charge in [-0.15, -0.1) is 0 Å². The molecule has 1 saturated carbocycles. The average Bonchev–Trinajstić information content (AvgIpc) is 2.63. The van der Waals surface area contributed by atoms with Crippen molar-refractivity contribution >= 4 is 15.9 Å². The van der Waals surface area contributed by atoms with E-state index in [1.165, 1.54) is 38.2 Å². The summed E-state index contributed by atoms with van der Waals surface area (Å²) in [6.07, 6.45) is 8.77. The summed E-state index contributed by atoms with van der Waals surface area (Å²) in [7, 11) is 0. The molecule has 1 aliphatic carbocycles. The Hall–Kier alpha value is -0.570. The van der Waals surface area contributed by atoms with E-state index in [-0.39, 0.29) is 11.9 Å². The third kappa shape index (κ3) is 3.31. The Morgan fingerprint density at radius 1 is 1.26 bits per heavy atom. The Morgan fingerprint density at radius 2 is 2.11 bits per heavy atom. The van der Waals surface area contributed by atoms with E-state index < -0.39 is 0 Å². The second-order valence-electron chi connectivity index (χ2n) is 5.92. The summed E-state index contributed by atoms with van der Waals surface area (Å²) >= 11 is 3.78. The summed E-state index contributed by atoms with van der Waals surface area (Å²) in [4.78, 5) is 0.668. The highest BCUT2D eigenvalue weighted by atomic mass is 79.9. The van der Waals surface area contributed by atoms with Gasteiger partial charge in [0.05, 0.1) is 0 Å². The lowest BCUT2D eigenvalue weighted by atomic mass is 9.92. The predicted octanol–water partition coefficient (Wildman–Crippen LogP) is 4.86. The molecule has 19 heavy (non-hydrogen) atoms. The highest BCUT2D eigenvalue weighted by molar-refractivity contribution is 9.09. The van der Waals surface area contributed by atoms with E-state index in [9.17, 15) is 4.39 Å². The molecule has 1 heterocycles. The summed E-state index contributed by atoms with van der Waals surface area (Å²) in [6.45, 7) is 0. The molecule has 104 valence electrons. The Labute approximate surface area is 122 Å². The van der Waals surface area contributed by atoms with Gasteiger partial charge < -0.3 is 4.74 Å². The molecule has 0 N–H and O–H groups in total. The molecule has 3 rings (SSSR count). The molecule has 0 radical (unpaired) electrons. The second kappa shape index (κ2) is 5.82. The van der Waals surface area contributed by atoms with E-state index >= 15 is 0 Å². The molecule has 0 aromatic heterocycles. The van der Waals surface area contributed by atoms with Gasteiger partial charge in [0, 0.05) is 16.8 Å². The maximum absolute atomic E-state index is 13.2. The maximum Gasteiger partial charge on any atom is 0.123 e. The number of benzene rings is 1. The van der Waals surface area contributed by atoms with E-state index in [1.807, 2.05) is 0 Å². The third-order valence-corrected chi connectivity index (χ3v) is 5.16. The molecule has 1 fully saturated rings. The lowest BCUT2D eigenvalue weighted by molar-refractivity contribution is 0.187. The van der Waals surface area contributed by atoms with Crippen molar-refractivity contribution in [2.24, 2.45) is 5.92 Å². The normalized spacial score (nSPS) is 30.5. The number of rotatable bonds is 2. The summed E-state index contributed by atoms with van der Waals surface area (Å²) < 4.78 is 19.1. The van der Waals surface area contributed by atoms with Crippen LogP contribution < -0.4 is 4.74 Å². The molecule has 3 heteroatoms. The summed E-state index contributed by atoms with van der Waals surface area (Å²) in [5.41, 5.74) is 1.04. The topological polar surface area (TPSA) is 9.23 Å². The zero-order chi connectivity index (χ0) is 13.2. The molecule has 0 spiro atoms. The molecule has 0 bridgehead atoms.